The van der Waals surface area contributed by atoms with Crippen molar-refractivity contribution in [2.75, 3.05) is 6.61 Å². The molecule has 5 atom stereocenters. The van der Waals surface area contributed by atoms with Crippen molar-refractivity contribution in [1.82, 2.24) is 16.0 Å². The van der Waals surface area contributed by atoms with Crippen LogP contribution in [0.1, 0.15) is 26.3 Å². The van der Waals surface area contributed by atoms with Gasteiger partial charge in [-0.3, -0.25) is 19.4 Å². The number of hydrogen-bond acceptors (Lipinski definition) is 12. The third-order valence-corrected chi connectivity index (χ3v) is 7.34. The fourth-order valence-electron chi connectivity index (χ4n) is 4.49. The van der Waals surface area contributed by atoms with Crippen molar-refractivity contribution in [2.45, 2.75) is 61.8 Å². The molecule has 0 bridgehead atoms. The highest BCUT2D eigenvalue weighted by molar-refractivity contribution is 7.99. The number of hydrogen-bond donors (Lipinski definition) is 2. The molecule has 0 aromatic heterocycles. The van der Waals surface area contributed by atoms with E-state index in [1.165, 1.54) is 23.3 Å². The molecule has 1 saturated heterocycles. The highest BCUT2D eigenvalue weighted by Gasteiger charge is 2.53. The highest BCUT2D eigenvalue weighted by Crippen LogP contribution is 2.39. The quantitative estimate of drug-likeness (QED) is 0.175. The molecule has 0 spiro atoms. The van der Waals surface area contributed by atoms with Crippen LogP contribution in [-0.4, -0.2) is 65.7 Å². The van der Waals surface area contributed by atoms with Gasteiger partial charge in [0.25, 0.3) is 0 Å². The van der Waals surface area contributed by atoms with Crippen LogP contribution >= 0.6 is 11.8 Å². The first-order valence-corrected chi connectivity index (χ1v) is 13.8. The molecule has 0 amide bonds. The van der Waals surface area contributed by atoms with Gasteiger partial charge in [-0.05, 0) is 36.4 Å². The SMILES string of the molecule is CC(=O)OCC1O[C@H](Sc2ccc(OC(F)(F)F)cc2)C(OC(C)=O)C(N2C=C(c3cc(F)c(F)c(F)c3)NN2)[C@H]1OC(C)=O. The number of ether oxygens (including phenoxy) is 5. The second-order valence-electron chi connectivity index (χ2n) is 9.56. The normalized spacial score (nSPS) is 23.1. The molecule has 0 radical (unpaired) electrons. The summed E-state index contributed by atoms with van der Waals surface area (Å²) in [5.74, 6) is -7.39. The van der Waals surface area contributed by atoms with E-state index in [0.717, 1.165) is 56.8 Å². The Balaban J connectivity index is 1.74. The van der Waals surface area contributed by atoms with E-state index in [2.05, 4.69) is 15.7 Å². The Morgan fingerprint density at radius 1 is 0.933 bits per heavy atom. The minimum atomic E-state index is -4.92. The van der Waals surface area contributed by atoms with E-state index in [9.17, 15) is 40.7 Å². The molecule has 45 heavy (non-hydrogen) atoms. The van der Waals surface area contributed by atoms with Crippen LogP contribution in [0.15, 0.2) is 47.5 Å². The van der Waals surface area contributed by atoms with Crippen LogP contribution in [0.3, 0.4) is 0 Å². The van der Waals surface area contributed by atoms with Gasteiger partial charge in [-0.2, -0.15) is 0 Å². The van der Waals surface area contributed by atoms with Crippen molar-refractivity contribution in [1.29, 1.82) is 0 Å². The smallest absolute Gasteiger partial charge is 0.463 e. The van der Waals surface area contributed by atoms with E-state index in [-0.39, 0.29) is 11.3 Å². The molecule has 2 heterocycles. The summed E-state index contributed by atoms with van der Waals surface area (Å²) in [7, 11) is 0. The van der Waals surface area contributed by atoms with Gasteiger partial charge in [0.2, 0.25) is 0 Å². The van der Waals surface area contributed by atoms with Crippen molar-refractivity contribution < 1.29 is 64.4 Å². The van der Waals surface area contributed by atoms with Crippen molar-refractivity contribution in [2.24, 2.45) is 0 Å². The maximum Gasteiger partial charge on any atom is 0.573 e. The summed E-state index contributed by atoms with van der Waals surface area (Å²) < 4.78 is 106. The number of halogens is 6. The zero-order valence-corrected chi connectivity index (χ0v) is 24.3. The summed E-state index contributed by atoms with van der Waals surface area (Å²) in [4.78, 5) is 36.5. The molecule has 244 valence electrons. The highest BCUT2D eigenvalue weighted by atomic mass is 32.2. The summed E-state index contributed by atoms with van der Waals surface area (Å²) in [6.45, 7) is 2.86. The number of benzene rings is 2. The topological polar surface area (TPSA) is 125 Å². The number of esters is 3. The van der Waals surface area contributed by atoms with Gasteiger partial charge in [0.1, 0.15) is 29.9 Å². The minimum absolute atomic E-state index is 0.0310. The summed E-state index contributed by atoms with van der Waals surface area (Å²) in [6.07, 6.45) is -7.47. The molecule has 4 rings (SSSR count). The van der Waals surface area contributed by atoms with E-state index >= 15 is 0 Å². The fourth-order valence-corrected chi connectivity index (χ4v) is 5.61. The lowest BCUT2D eigenvalue weighted by Gasteiger charge is -2.47. The van der Waals surface area contributed by atoms with Gasteiger partial charge in [0.15, 0.2) is 29.7 Å². The predicted octanol–water partition coefficient (Wildman–Crippen LogP) is 3.94. The molecule has 0 saturated carbocycles. The van der Waals surface area contributed by atoms with Crippen LogP contribution < -0.4 is 15.7 Å². The third kappa shape index (κ3) is 8.73. The summed E-state index contributed by atoms with van der Waals surface area (Å²) >= 11 is 0.912. The van der Waals surface area contributed by atoms with Gasteiger partial charge in [-0.25, -0.2) is 13.2 Å². The van der Waals surface area contributed by atoms with Gasteiger partial charge in [-0.15, -0.1) is 18.7 Å². The van der Waals surface area contributed by atoms with Crippen LogP contribution in [-0.2, 0) is 33.3 Å². The average molecular weight is 666 g/mol. The lowest BCUT2D eigenvalue weighted by Crippen LogP contribution is -2.67. The van der Waals surface area contributed by atoms with Crippen molar-refractivity contribution >= 4 is 35.4 Å². The van der Waals surface area contributed by atoms with Gasteiger partial charge in [-0.1, -0.05) is 11.8 Å². The predicted molar refractivity (Wildman–Crippen MR) is 142 cm³/mol. The number of hydrazine groups is 2. The average Bonchev–Trinajstić information content (AvgIpc) is 3.41. The van der Waals surface area contributed by atoms with Crippen LogP contribution in [0.25, 0.3) is 5.70 Å². The van der Waals surface area contributed by atoms with E-state index < -0.39 is 83.9 Å². The maximum absolute atomic E-state index is 14.0. The van der Waals surface area contributed by atoms with Gasteiger partial charge in [0, 0.05) is 37.4 Å². The van der Waals surface area contributed by atoms with Gasteiger partial charge in [0.05, 0.1) is 5.70 Å². The molecule has 2 aliphatic heterocycles. The number of nitrogens with zero attached hydrogens (tertiary/aromatic N) is 1. The molecular weight excluding hydrogens is 640 g/mol. The number of alkyl halides is 3. The lowest BCUT2D eigenvalue weighted by atomic mass is 9.96. The van der Waals surface area contributed by atoms with E-state index in [4.69, 9.17) is 18.9 Å². The van der Waals surface area contributed by atoms with E-state index in [1.54, 1.807) is 0 Å². The molecule has 2 aromatic carbocycles. The first kappa shape index (κ1) is 33.7. The summed E-state index contributed by atoms with van der Waals surface area (Å²) in [5.41, 5.74) is 4.11. The largest absolute Gasteiger partial charge is 0.573 e. The second-order valence-corrected chi connectivity index (χ2v) is 10.7. The molecule has 0 aliphatic carbocycles. The van der Waals surface area contributed by atoms with Crippen molar-refractivity contribution in [3.8, 4) is 5.75 Å². The zero-order chi connectivity index (χ0) is 33.1. The van der Waals surface area contributed by atoms with Gasteiger partial charge >= 0.3 is 24.3 Å². The zero-order valence-electron chi connectivity index (χ0n) is 23.5. The van der Waals surface area contributed by atoms with E-state index in [0.29, 0.717) is 4.90 Å². The standard InChI is InChI=1S/C27H25F6N3O8S/c1-12(37)40-11-21-24(41-13(2)38)23(36-10-20(34-35-36)15-8-18(28)22(30)19(29)9-15)25(42-14(3)39)26(43-21)45-17-6-4-16(5-7-17)44-27(31,32)33/h4-10,21,23-26,34-35H,11H2,1-3H3/t21?,23?,24-,25?,26+/m0/s1. The van der Waals surface area contributed by atoms with Crippen molar-refractivity contribution in [3.63, 3.8) is 0 Å². The Kier molecular flexibility index (Phi) is 10.4. The van der Waals surface area contributed by atoms with Crippen LogP contribution in [0.2, 0.25) is 0 Å². The molecule has 3 unspecified atom stereocenters. The number of carbonyl (C=O) groups excluding carboxylic acids is 3. The van der Waals surface area contributed by atoms with Gasteiger partial charge < -0.3 is 29.1 Å². The molecule has 2 aromatic rings. The number of thioether (sulfide) groups is 1. The number of carbonyl (C=O) groups is 3. The molecule has 1 fully saturated rings. The Bertz CT molecular complexity index is 1440. The Morgan fingerprint density at radius 2 is 1.53 bits per heavy atom. The maximum atomic E-state index is 14.0. The van der Waals surface area contributed by atoms with Crippen molar-refractivity contribution in [3.05, 3.63) is 65.6 Å². The molecule has 11 nitrogen and oxygen atoms in total. The fraction of sp³-hybridized carbons (Fsp3) is 0.370. The van der Waals surface area contributed by atoms with Crippen LogP contribution in [0.5, 0.6) is 5.75 Å². The lowest BCUT2D eigenvalue weighted by molar-refractivity contribution is -0.274. The monoisotopic (exact) mass is 665 g/mol. The molecular formula is C27H25F6N3O8S. The molecule has 2 aliphatic rings. The third-order valence-electron chi connectivity index (χ3n) is 6.19. The number of rotatable bonds is 9. The minimum Gasteiger partial charge on any atom is -0.463 e. The van der Waals surface area contributed by atoms with Crippen LogP contribution in [0.4, 0.5) is 26.3 Å². The summed E-state index contributed by atoms with van der Waals surface area (Å²) in [5, 5.41) is 1.26. The summed E-state index contributed by atoms with van der Waals surface area (Å²) in [6, 6.07) is 4.95. The Morgan fingerprint density at radius 3 is 2.09 bits per heavy atom. The first-order chi connectivity index (χ1) is 21.1. The number of nitrogens with one attached hydrogen (secondary N) is 2. The van der Waals surface area contributed by atoms with Crippen LogP contribution in [0, 0.1) is 17.5 Å². The Hall–Kier alpha value is -4.16. The van der Waals surface area contributed by atoms with E-state index in [1.807, 2.05) is 0 Å². The molecule has 18 heteroatoms. The Labute approximate surface area is 255 Å². The second kappa shape index (κ2) is 13.9. The molecule has 2 N–H and O–H groups in total. The first-order valence-electron chi connectivity index (χ1n) is 12.9.